The van der Waals surface area contributed by atoms with E-state index in [0.29, 0.717) is 0 Å². The van der Waals surface area contributed by atoms with Crippen molar-refractivity contribution >= 4 is 23.6 Å². The van der Waals surface area contributed by atoms with Gasteiger partial charge in [0.15, 0.2) is 0 Å². The van der Waals surface area contributed by atoms with Gasteiger partial charge in [-0.25, -0.2) is 4.79 Å². The van der Waals surface area contributed by atoms with E-state index < -0.39 is 29.6 Å². The maximum Gasteiger partial charge on any atom is 0.408 e. The predicted octanol–water partition coefficient (Wildman–Crippen LogP) is 3.32. The molecule has 1 unspecified atom stereocenters. The smallest absolute Gasteiger partial charge is 0.408 e. The SMILES string of the molecule is CN(Cc1ccccc1)C(=O)C(=O)C(=O)C(Cc1ccccc1)NC(=O)OCc1ccccc1. The Hall–Kier alpha value is -4.26. The first-order chi connectivity index (χ1) is 16.4. The number of likely N-dealkylation sites (N-methyl/N-ethyl adjacent to an activating group) is 1. The fourth-order valence-electron chi connectivity index (χ4n) is 3.33. The van der Waals surface area contributed by atoms with Crippen molar-refractivity contribution in [2.24, 2.45) is 0 Å². The molecule has 3 rings (SSSR count). The Morgan fingerprint density at radius 2 is 1.26 bits per heavy atom. The Bertz CT molecular complexity index is 1120. The van der Waals surface area contributed by atoms with E-state index in [-0.39, 0.29) is 19.6 Å². The minimum Gasteiger partial charge on any atom is -0.445 e. The van der Waals surface area contributed by atoms with Gasteiger partial charge in [0.1, 0.15) is 12.6 Å². The van der Waals surface area contributed by atoms with Crippen LogP contribution < -0.4 is 5.32 Å². The molecule has 0 aromatic heterocycles. The molecule has 0 aliphatic carbocycles. The number of alkyl carbamates (subject to hydrolysis) is 1. The number of nitrogens with zero attached hydrogens (tertiary/aromatic N) is 1. The summed E-state index contributed by atoms with van der Waals surface area (Å²) in [7, 11) is 1.45. The van der Waals surface area contributed by atoms with Gasteiger partial charge >= 0.3 is 6.09 Å². The molecule has 7 heteroatoms. The third-order valence-electron chi connectivity index (χ3n) is 5.13. The molecule has 0 fully saturated rings. The number of ether oxygens (including phenoxy) is 1. The second-order valence-electron chi connectivity index (χ2n) is 7.79. The molecular formula is C27H26N2O5. The quantitative estimate of drug-likeness (QED) is 0.372. The second kappa shape index (κ2) is 12.1. The molecule has 2 amide bonds. The van der Waals surface area contributed by atoms with Crippen LogP contribution in [0.25, 0.3) is 0 Å². The van der Waals surface area contributed by atoms with Crippen molar-refractivity contribution in [3.05, 3.63) is 108 Å². The van der Waals surface area contributed by atoms with E-state index in [9.17, 15) is 19.2 Å². The highest BCUT2D eigenvalue weighted by atomic mass is 16.5. The lowest BCUT2D eigenvalue weighted by molar-refractivity contribution is -0.149. The Morgan fingerprint density at radius 3 is 1.82 bits per heavy atom. The molecule has 3 aromatic carbocycles. The van der Waals surface area contributed by atoms with Crippen LogP contribution in [0.3, 0.4) is 0 Å². The number of Topliss-reactive ketones (excluding diaryl/α,β-unsaturated/α-hetero) is 2. The maximum absolute atomic E-state index is 13.0. The van der Waals surface area contributed by atoms with E-state index in [1.165, 1.54) is 11.9 Å². The molecule has 0 saturated heterocycles. The number of nitrogens with one attached hydrogen (secondary N) is 1. The average molecular weight is 459 g/mol. The first-order valence-corrected chi connectivity index (χ1v) is 10.8. The fraction of sp³-hybridized carbons (Fsp3) is 0.185. The molecule has 0 aliphatic heterocycles. The topological polar surface area (TPSA) is 92.8 Å². The summed E-state index contributed by atoms with van der Waals surface area (Å²) in [6.07, 6.45) is -0.808. The summed E-state index contributed by atoms with van der Waals surface area (Å²) in [5, 5.41) is 2.46. The Kier molecular flexibility index (Phi) is 8.68. The van der Waals surface area contributed by atoms with E-state index in [0.717, 1.165) is 16.7 Å². The lowest BCUT2D eigenvalue weighted by Crippen LogP contribution is -2.49. The highest BCUT2D eigenvalue weighted by molar-refractivity contribution is 6.64. The fourth-order valence-corrected chi connectivity index (χ4v) is 3.33. The van der Waals surface area contributed by atoms with Crippen molar-refractivity contribution in [3.8, 4) is 0 Å². The molecule has 0 saturated carbocycles. The molecular weight excluding hydrogens is 432 g/mol. The number of amides is 2. The van der Waals surface area contributed by atoms with E-state index >= 15 is 0 Å². The van der Waals surface area contributed by atoms with Crippen molar-refractivity contribution in [1.29, 1.82) is 0 Å². The summed E-state index contributed by atoms with van der Waals surface area (Å²) in [5.41, 5.74) is 2.32. The lowest BCUT2D eigenvalue weighted by atomic mass is 9.99. The first-order valence-electron chi connectivity index (χ1n) is 10.8. The number of rotatable bonds is 10. The van der Waals surface area contributed by atoms with E-state index in [4.69, 9.17) is 4.74 Å². The Morgan fingerprint density at radius 1 is 0.765 bits per heavy atom. The van der Waals surface area contributed by atoms with Crippen LogP contribution in [0, 0.1) is 0 Å². The van der Waals surface area contributed by atoms with Crippen LogP contribution in [-0.2, 0) is 38.7 Å². The summed E-state index contributed by atoms with van der Waals surface area (Å²) >= 11 is 0. The van der Waals surface area contributed by atoms with Crippen molar-refractivity contribution in [2.45, 2.75) is 25.6 Å². The Labute approximate surface area is 198 Å². The minimum absolute atomic E-state index is 0.00557. The van der Waals surface area contributed by atoms with Gasteiger partial charge in [-0.2, -0.15) is 0 Å². The zero-order valence-corrected chi connectivity index (χ0v) is 18.8. The zero-order chi connectivity index (χ0) is 24.3. The number of hydrogen-bond acceptors (Lipinski definition) is 5. The molecule has 1 N–H and O–H groups in total. The summed E-state index contributed by atoms with van der Waals surface area (Å²) < 4.78 is 5.20. The van der Waals surface area contributed by atoms with Crippen LogP contribution in [0.4, 0.5) is 4.79 Å². The predicted molar refractivity (Wildman–Crippen MR) is 127 cm³/mol. The van der Waals surface area contributed by atoms with E-state index in [2.05, 4.69) is 5.32 Å². The van der Waals surface area contributed by atoms with E-state index in [1.807, 2.05) is 54.6 Å². The van der Waals surface area contributed by atoms with Crippen LogP contribution in [0.15, 0.2) is 91.0 Å². The van der Waals surface area contributed by atoms with Crippen LogP contribution in [0.1, 0.15) is 16.7 Å². The second-order valence-corrected chi connectivity index (χ2v) is 7.79. The third kappa shape index (κ3) is 7.13. The normalized spacial score (nSPS) is 11.2. The molecule has 0 spiro atoms. The molecule has 3 aromatic rings. The van der Waals surface area contributed by atoms with Crippen molar-refractivity contribution in [3.63, 3.8) is 0 Å². The molecule has 174 valence electrons. The number of ketones is 2. The zero-order valence-electron chi connectivity index (χ0n) is 18.8. The molecule has 34 heavy (non-hydrogen) atoms. The monoisotopic (exact) mass is 458 g/mol. The molecule has 0 bridgehead atoms. The number of carbonyl (C=O) groups is 4. The number of hydrogen-bond donors (Lipinski definition) is 1. The van der Waals surface area contributed by atoms with Crippen LogP contribution in [-0.4, -0.2) is 41.6 Å². The van der Waals surface area contributed by atoms with Crippen molar-refractivity contribution in [1.82, 2.24) is 10.2 Å². The van der Waals surface area contributed by atoms with Crippen molar-refractivity contribution < 1.29 is 23.9 Å². The van der Waals surface area contributed by atoms with Gasteiger partial charge in [0.05, 0.1) is 0 Å². The molecule has 0 aliphatic rings. The molecule has 0 heterocycles. The molecule has 0 radical (unpaired) electrons. The van der Waals surface area contributed by atoms with Crippen LogP contribution >= 0.6 is 0 Å². The van der Waals surface area contributed by atoms with Gasteiger partial charge in [-0.3, -0.25) is 14.4 Å². The largest absolute Gasteiger partial charge is 0.445 e. The summed E-state index contributed by atoms with van der Waals surface area (Å²) in [6, 6.07) is 25.9. The van der Waals surface area contributed by atoms with Gasteiger partial charge < -0.3 is 15.0 Å². The van der Waals surface area contributed by atoms with Gasteiger partial charge in [-0.05, 0) is 16.7 Å². The van der Waals surface area contributed by atoms with Gasteiger partial charge in [0.25, 0.3) is 11.7 Å². The summed E-state index contributed by atoms with van der Waals surface area (Å²) in [6.45, 7) is 0.181. The maximum atomic E-state index is 13.0. The lowest BCUT2D eigenvalue weighted by Gasteiger charge is -2.20. The van der Waals surface area contributed by atoms with Gasteiger partial charge in [-0.15, -0.1) is 0 Å². The highest BCUT2D eigenvalue weighted by Crippen LogP contribution is 2.08. The van der Waals surface area contributed by atoms with Crippen molar-refractivity contribution in [2.75, 3.05) is 7.05 Å². The first kappa shape index (κ1) is 24.4. The number of carbonyl (C=O) groups excluding carboxylic acids is 4. The minimum atomic E-state index is -1.24. The molecule has 7 nitrogen and oxygen atoms in total. The standard InChI is InChI=1S/C27H26N2O5/c1-29(18-21-13-7-3-8-14-21)26(32)25(31)24(30)23(17-20-11-5-2-6-12-20)28-27(33)34-19-22-15-9-4-10-16-22/h2-16,23H,17-19H2,1H3,(H,28,33). The molecule has 1 atom stereocenters. The van der Waals surface area contributed by atoms with Crippen LogP contribution in [0.5, 0.6) is 0 Å². The average Bonchev–Trinajstić information content (AvgIpc) is 2.87. The summed E-state index contributed by atoms with van der Waals surface area (Å²) in [5.74, 6) is -3.13. The summed E-state index contributed by atoms with van der Waals surface area (Å²) in [4.78, 5) is 52.0. The highest BCUT2D eigenvalue weighted by Gasteiger charge is 2.33. The van der Waals surface area contributed by atoms with Gasteiger partial charge in [-0.1, -0.05) is 91.0 Å². The third-order valence-corrected chi connectivity index (χ3v) is 5.13. The van der Waals surface area contributed by atoms with Gasteiger partial charge in [0.2, 0.25) is 5.78 Å². The van der Waals surface area contributed by atoms with Gasteiger partial charge in [0, 0.05) is 20.0 Å². The van der Waals surface area contributed by atoms with Crippen LogP contribution in [0.2, 0.25) is 0 Å². The Balaban J connectivity index is 1.68. The number of benzene rings is 3. The van der Waals surface area contributed by atoms with E-state index in [1.54, 1.807) is 36.4 Å².